The quantitative estimate of drug-likeness (QED) is 0.880. The third-order valence-electron chi connectivity index (χ3n) is 3.31. The molecule has 0 radical (unpaired) electrons. The number of nitriles is 1. The Balaban J connectivity index is 1.97. The zero-order chi connectivity index (χ0) is 13.2. The molecule has 0 aliphatic heterocycles. The molecule has 4 nitrogen and oxygen atoms in total. The van der Waals surface area contributed by atoms with Crippen LogP contribution in [0.25, 0.3) is 0 Å². The van der Waals surface area contributed by atoms with Crippen molar-refractivity contribution in [3.05, 3.63) is 29.3 Å². The van der Waals surface area contributed by atoms with Gasteiger partial charge in [-0.2, -0.15) is 5.26 Å². The number of methoxy groups -OCH3 is 1. The maximum Gasteiger partial charge on any atom is 0.240 e. The molecule has 1 aromatic carbocycles. The highest BCUT2D eigenvalue weighted by Gasteiger charge is 2.50. The Morgan fingerprint density at radius 3 is 2.78 bits per heavy atom. The molecule has 94 valence electrons. The summed E-state index contributed by atoms with van der Waals surface area (Å²) in [4.78, 5) is 11.8. The molecule has 0 heterocycles. The molecule has 1 aliphatic rings. The van der Waals surface area contributed by atoms with E-state index in [1.807, 2.05) is 25.1 Å². The number of nitrogens with zero attached hydrogens (tertiary/aromatic N) is 1. The summed E-state index contributed by atoms with van der Waals surface area (Å²) in [5.74, 6) is 0.680. The van der Waals surface area contributed by atoms with Crippen molar-refractivity contribution in [1.82, 2.24) is 5.32 Å². The van der Waals surface area contributed by atoms with Gasteiger partial charge in [0.15, 0.2) is 0 Å². The minimum atomic E-state index is -0.748. The molecule has 0 saturated heterocycles. The fourth-order valence-corrected chi connectivity index (χ4v) is 1.92. The molecule has 1 fully saturated rings. The van der Waals surface area contributed by atoms with Gasteiger partial charge in [0.1, 0.15) is 11.2 Å². The predicted octanol–water partition coefficient (Wildman–Crippen LogP) is 1.92. The third-order valence-corrected chi connectivity index (χ3v) is 3.31. The number of hydrogen-bond acceptors (Lipinski definition) is 3. The summed E-state index contributed by atoms with van der Waals surface area (Å²) in [6, 6.07) is 7.86. The summed E-state index contributed by atoms with van der Waals surface area (Å²) >= 11 is 0. The summed E-state index contributed by atoms with van der Waals surface area (Å²) in [6.45, 7) is 2.41. The van der Waals surface area contributed by atoms with Crippen molar-refractivity contribution in [3.63, 3.8) is 0 Å². The zero-order valence-electron chi connectivity index (χ0n) is 10.6. The summed E-state index contributed by atoms with van der Waals surface area (Å²) < 4.78 is 5.18. The molecule has 0 unspecified atom stereocenters. The van der Waals surface area contributed by atoms with Crippen LogP contribution in [-0.4, -0.2) is 13.0 Å². The van der Waals surface area contributed by atoms with Crippen LogP contribution in [0.2, 0.25) is 0 Å². The lowest BCUT2D eigenvalue weighted by atomic mass is 10.1. The summed E-state index contributed by atoms with van der Waals surface area (Å²) in [5, 5.41) is 11.7. The van der Waals surface area contributed by atoms with Gasteiger partial charge < -0.3 is 10.1 Å². The summed E-state index contributed by atoms with van der Waals surface area (Å²) in [5.41, 5.74) is 1.29. The van der Waals surface area contributed by atoms with Crippen LogP contribution in [0.15, 0.2) is 18.2 Å². The lowest BCUT2D eigenvalue weighted by Gasteiger charge is -2.10. The van der Waals surface area contributed by atoms with E-state index in [-0.39, 0.29) is 5.91 Å². The second kappa shape index (κ2) is 4.69. The molecule has 1 amide bonds. The first kappa shape index (κ1) is 12.4. The van der Waals surface area contributed by atoms with Gasteiger partial charge in [-0.1, -0.05) is 12.1 Å². The number of ether oxygens (including phenoxy) is 1. The monoisotopic (exact) mass is 244 g/mol. The van der Waals surface area contributed by atoms with E-state index in [0.717, 1.165) is 16.9 Å². The average molecular weight is 244 g/mol. The number of nitrogens with one attached hydrogen (secondary N) is 1. The molecule has 1 aromatic rings. The van der Waals surface area contributed by atoms with E-state index in [0.29, 0.717) is 19.4 Å². The Bertz CT molecular complexity index is 513. The second-order valence-electron chi connectivity index (χ2n) is 4.68. The van der Waals surface area contributed by atoms with Gasteiger partial charge >= 0.3 is 0 Å². The van der Waals surface area contributed by atoms with E-state index in [4.69, 9.17) is 10.00 Å². The fraction of sp³-hybridized carbons (Fsp3) is 0.429. The molecule has 1 aliphatic carbocycles. The lowest BCUT2D eigenvalue weighted by Crippen LogP contribution is -2.30. The number of carbonyl (C=O) groups is 1. The first-order chi connectivity index (χ1) is 8.61. The molecule has 2 rings (SSSR count). The van der Waals surface area contributed by atoms with Crippen molar-refractivity contribution in [2.24, 2.45) is 5.41 Å². The predicted molar refractivity (Wildman–Crippen MR) is 66.9 cm³/mol. The minimum absolute atomic E-state index is 0.154. The van der Waals surface area contributed by atoms with E-state index in [9.17, 15) is 4.79 Å². The Kier molecular flexibility index (Phi) is 3.24. The highest BCUT2D eigenvalue weighted by atomic mass is 16.5. The number of benzene rings is 1. The Morgan fingerprint density at radius 1 is 1.56 bits per heavy atom. The first-order valence-corrected chi connectivity index (χ1v) is 5.94. The van der Waals surface area contributed by atoms with Gasteiger partial charge in [0, 0.05) is 6.54 Å². The number of amides is 1. The van der Waals surface area contributed by atoms with Crippen molar-refractivity contribution in [1.29, 1.82) is 5.26 Å². The van der Waals surface area contributed by atoms with Crippen molar-refractivity contribution in [2.45, 2.75) is 26.3 Å². The Labute approximate surface area is 107 Å². The van der Waals surface area contributed by atoms with Crippen LogP contribution < -0.4 is 10.1 Å². The molecule has 0 aromatic heterocycles. The molecule has 1 N–H and O–H groups in total. The molecule has 1 saturated carbocycles. The zero-order valence-corrected chi connectivity index (χ0v) is 10.6. The minimum Gasteiger partial charge on any atom is -0.496 e. The van der Waals surface area contributed by atoms with Crippen LogP contribution >= 0.6 is 0 Å². The van der Waals surface area contributed by atoms with Gasteiger partial charge in [-0.05, 0) is 37.0 Å². The number of rotatable bonds is 4. The molecular weight excluding hydrogens is 228 g/mol. The van der Waals surface area contributed by atoms with Crippen molar-refractivity contribution < 1.29 is 9.53 Å². The van der Waals surface area contributed by atoms with Gasteiger partial charge in [-0.3, -0.25) is 4.79 Å². The van der Waals surface area contributed by atoms with Crippen LogP contribution in [0, 0.1) is 23.7 Å². The maximum atomic E-state index is 11.8. The van der Waals surface area contributed by atoms with Crippen LogP contribution in [-0.2, 0) is 11.3 Å². The molecule has 18 heavy (non-hydrogen) atoms. The van der Waals surface area contributed by atoms with Crippen LogP contribution in [0.3, 0.4) is 0 Å². The highest BCUT2D eigenvalue weighted by Crippen LogP contribution is 2.45. The van der Waals surface area contributed by atoms with E-state index in [1.165, 1.54) is 0 Å². The number of carbonyl (C=O) groups excluding carboxylic acids is 1. The van der Waals surface area contributed by atoms with E-state index in [2.05, 4.69) is 11.4 Å². The number of aryl methyl sites for hydroxylation is 1. The normalized spacial score (nSPS) is 15.6. The van der Waals surface area contributed by atoms with Crippen LogP contribution in [0.1, 0.15) is 24.0 Å². The van der Waals surface area contributed by atoms with E-state index >= 15 is 0 Å². The molecule has 0 spiro atoms. The topological polar surface area (TPSA) is 62.1 Å². The SMILES string of the molecule is COc1ccc(CNC(=O)C2(C#N)CC2)cc1C. The van der Waals surface area contributed by atoms with Crippen LogP contribution in [0.5, 0.6) is 5.75 Å². The Hall–Kier alpha value is -2.02. The van der Waals surface area contributed by atoms with Gasteiger partial charge in [-0.15, -0.1) is 0 Å². The third kappa shape index (κ3) is 2.30. The average Bonchev–Trinajstić information content (AvgIpc) is 3.17. The summed E-state index contributed by atoms with van der Waals surface area (Å²) in [6.07, 6.45) is 1.36. The molecule has 4 heteroatoms. The second-order valence-corrected chi connectivity index (χ2v) is 4.68. The maximum absolute atomic E-state index is 11.8. The van der Waals surface area contributed by atoms with E-state index in [1.54, 1.807) is 7.11 Å². The number of hydrogen-bond donors (Lipinski definition) is 1. The van der Waals surface area contributed by atoms with E-state index < -0.39 is 5.41 Å². The lowest BCUT2D eigenvalue weighted by molar-refractivity contribution is -0.124. The van der Waals surface area contributed by atoms with Crippen molar-refractivity contribution in [3.8, 4) is 11.8 Å². The largest absolute Gasteiger partial charge is 0.496 e. The van der Waals surface area contributed by atoms with Crippen molar-refractivity contribution in [2.75, 3.05) is 7.11 Å². The van der Waals surface area contributed by atoms with Gasteiger partial charge in [-0.25, -0.2) is 0 Å². The van der Waals surface area contributed by atoms with Gasteiger partial charge in [0.05, 0.1) is 13.2 Å². The summed E-state index contributed by atoms with van der Waals surface area (Å²) in [7, 11) is 1.63. The first-order valence-electron chi connectivity index (χ1n) is 5.94. The standard InChI is InChI=1S/C14H16N2O2/c1-10-7-11(3-4-12(10)18-2)8-16-13(17)14(9-15)5-6-14/h3-4,7H,5-6,8H2,1-2H3,(H,16,17). The Morgan fingerprint density at radius 2 is 2.28 bits per heavy atom. The van der Waals surface area contributed by atoms with Gasteiger partial charge in [0.2, 0.25) is 5.91 Å². The van der Waals surface area contributed by atoms with Crippen LogP contribution in [0.4, 0.5) is 0 Å². The smallest absolute Gasteiger partial charge is 0.240 e. The molecular formula is C14H16N2O2. The fourth-order valence-electron chi connectivity index (χ4n) is 1.92. The van der Waals surface area contributed by atoms with Crippen molar-refractivity contribution >= 4 is 5.91 Å². The highest BCUT2D eigenvalue weighted by molar-refractivity contribution is 5.88. The molecule has 0 bridgehead atoms. The molecule has 0 atom stereocenters. The van der Waals surface area contributed by atoms with Gasteiger partial charge in [0.25, 0.3) is 0 Å².